The number of halogens is 1. The first-order valence-corrected chi connectivity index (χ1v) is 7.19. The number of rotatable bonds is 2. The first-order chi connectivity index (χ1) is 11.6. The van der Waals surface area contributed by atoms with Gasteiger partial charge in [-0.3, -0.25) is 4.79 Å². The Bertz CT molecular complexity index is 1200. The molecule has 2 aromatic heterocycles. The van der Waals surface area contributed by atoms with Crippen molar-refractivity contribution in [3.05, 3.63) is 80.7 Å². The van der Waals surface area contributed by atoms with Crippen molar-refractivity contribution >= 4 is 28.2 Å². The third-order valence-corrected chi connectivity index (χ3v) is 3.71. The van der Waals surface area contributed by atoms with Crippen LogP contribution >= 0.6 is 0 Å². The Hall–Kier alpha value is -3.48. The van der Waals surface area contributed by atoms with E-state index < -0.39 is 17.1 Å². The molecule has 0 saturated carbocycles. The first kappa shape index (κ1) is 14.1. The highest BCUT2D eigenvalue weighted by atomic mass is 19.1. The highest BCUT2D eigenvalue weighted by Gasteiger charge is 2.12. The molecule has 2 heterocycles. The highest BCUT2D eigenvalue weighted by Crippen LogP contribution is 2.21. The third-order valence-electron chi connectivity index (χ3n) is 3.71. The van der Waals surface area contributed by atoms with Gasteiger partial charge in [0.25, 0.3) is 0 Å². The minimum absolute atomic E-state index is 0.167. The van der Waals surface area contributed by atoms with Crippen molar-refractivity contribution in [1.82, 2.24) is 14.6 Å². The maximum absolute atomic E-state index is 13.4. The Kier molecular flexibility index (Phi) is 3.13. The second-order valence-electron chi connectivity index (χ2n) is 5.27. The van der Waals surface area contributed by atoms with Gasteiger partial charge in [0.2, 0.25) is 0 Å². The second kappa shape index (κ2) is 5.31. The van der Waals surface area contributed by atoms with Crippen molar-refractivity contribution in [2.45, 2.75) is 0 Å². The van der Waals surface area contributed by atoms with Gasteiger partial charge >= 0.3 is 11.2 Å². The number of nitrogens with one attached hydrogen (secondary N) is 2. The largest absolute Gasteiger partial charge is 0.350 e. The summed E-state index contributed by atoms with van der Waals surface area (Å²) in [6, 6.07) is 13.2. The SMILES string of the molecule is O=c1[nH]c2c([nH]c3ccc(F)cc32)c(=O)n1N=Cc1ccccc1. The van der Waals surface area contributed by atoms with E-state index in [1.54, 1.807) is 12.1 Å². The number of hydrogen-bond acceptors (Lipinski definition) is 3. The third kappa shape index (κ3) is 2.23. The van der Waals surface area contributed by atoms with Crippen LogP contribution in [0.1, 0.15) is 5.56 Å². The van der Waals surface area contributed by atoms with E-state index in [9.17, 15) is 14.0 Å². The second-order valence-corrected chi connectivity index (χ2v) is 5.27. The van der Waals surface area contributed by atoms with Gasteiger partial charge in [0.05, 0.1) is 11.7 Å². The van der Waals surface area contributed by atoms with E-state index in [0.717, 1.165) is 10.2 Å². The molecule has 0 bridgehead atoms. The van der Waals surface area contributed by atoms with Gasteiger partial charge in [-0.05, 0) is 23.8 Å². The first-order valence-electron chi connectivity index (χ1n) is 7.19. The van der Waals surface area contributed by atoms with Gasteiger partial charge in [-0.25, -0.2) is 9.18 Å². The van der Waals surface area contributed by atoms with Crippen molar-refractivity contribution in [3.63, 3.8) is 0 Å². The van der Waals surface area contributed by atoms with Crippen LogP contribution in [-0.4, -0.2) is 20.9 Å². The Balaban J connectivity index is 1.95. The number of H-pyrrole nitrogens is 2. The Morgan fingerprint density at radius 3 is 2.58 bits per heavy atom. The molecule has 0 radical (unpaired) electrons. The number of fused-ring (bicyclic) bond motifs is 3. The summed E-state index contributed by atoms with van der Waals surface area (Å²) >= 11 is 0. The zero-order valence-corrected chi connectivity index (χ0v) is 12.3. The quantitative estimate of drug-likeness (QED) is 0.555. The lowest BCUT2D eigenvalue weighted by molar-refractivity contribution is 0.630. The maximum Gasteiger partial charge on any atom is 0.350 e. The zero-order valence-electron chi connectivity index (χ0n) is 12.3. The van der Waals surface area contributed by atoms with Crippen LogP contribution in [0.25, 0.3) is 21.9 Å². The summed E-state index contributed by atoms with van der Waals surface area (Å²) in [5.41, 5.74) is 0.458. The van der Waals surface area contributed by atoms with E-state index in [1.807, 2.05) is 18.2 Å². The van der Waals surface area contributed by atoms with Crippen molar-refractivity contribution in [1.29, 1.82) is 0 Å². The van der Waals surface area contributed by atoms with E-state index in [1.165, 1.54) is 24.4 Å². The predicted molar refractivity (Wildman–Crippen MR) is 90.1 cm³/mol. The minimum Gasteiger partial charge on any atom is -0.349 e. The summed E-state index contributed by atoms with van der Waals surface area (Å²) in [5.74, 6) is -0.449. The van der Waals surface area contributed by atoms with Gasteiger partial charge in [-0.2, -0.15) is 5.10 Å². The molecule has 2 N–H and O–H groups in total. The van der Waals surface area contributed by atoms with Gasteiger partial charge in [0, 0.05) is 10.9 Å². The molecule has 4 rings (SSSR count). The fourth-order valence-corrected chi connectivity index (χ4v) is 2.58. The Morgan fingerprint density at radius 1 is 1.00 bits per heavy atom. The molecule has 6 nitrogen and oxygen atoms in total. The molecule has 7 heteroatoms. The van der Waals surface area contributed by atoms with Gasteiger partial charge in [0.1, 0.15) is 11.3 Å². The number of aromatic nitrogens is 3. The van der Waals surface area contributed by atoms with E-state index in [-0.39, 0.29) is 11.0 Å². The highest BCUT2D eigenvalue weighted by molar-refractivity contribution is 6.04. The molecule has 0 saturated heterocycles. The van der Waals surface area contributed by atoms with E-state index in [4.69, 9.17) is 0 Å². The van der Waals surface area contributed by atoms with Crippen molar-refractivity contribution in [3.8, 4) is 0 Å². The molecule has 0 aliphatic heterocycles. The smallest absolute Gasteiger partial charge is 0.349 e. The summed E-state index contributed by atoms with van der Waals surface area (Å²) in [6.45, 7) is 0. The van der Waals surface area contributed by atoms with E-state index >= 15 is 0 Å². The van der Waals surface area contributed by atoms with E-state index in [0.29, 0.717) is 10.9 Å². The van der Waals surface area contributed by atoms with Gasteiger partial charge in [0.15, 0.2) is 0 Å². The number of benzene rings is 2. The molecule has 4 aromatic rings. The fraction of sp³-hybridized carbons (Fsp3) is 0. The van der Waals surface area contributed by atoms with Crippen LogP contribution in [0.2, 0.25) is 0 Å². The molecule has 118 valence electrons. The molecular weight excluding hydrogens is 311 g/mol. The molecule has 24 heavy (non-hydrogen) atoms. The van der Waals surface area contributed by atoms with Crippen LogP contribution in [0, 0.1) is 5.82 Å². The van der Waals surface area contributed by atoms with Crippen LogP contribution in [0.4, 0.5) is 4.39 Å². The zero-order chi connectivity index (χ0) is 16.7. The van der Waals surface area contributed by atoms with Gasteiger partial charge < -0.3 is 9.97 Å². The van der Waals surface area contributed by atoms with Gasteiger partial charge in [-0.15, -0.1) is 4.68 Å². The molecule has 0 amide bonds. The fourth-order valence-electron chi connectivity index (χ4n) is 2.58. The molecular formula is C17H11FN4O2. The number of aromatic amines is 2. The van der Waals surface area contributed by atoms with Crippen LogP contribution in [0.5, 0.6) is 0 Å². The lowest BCUT2D eigenvalue weighted by Crippen LogP contribution is -2.32. The minimum atomic E-state index is -0.690. The maximum atomic E-state index is 13.4. The summed E-state index contributed by atoms with van der Waals surface area (Å²) in [4.78, 5) is 30.2. The Labute approximate surface area is 133 Å². The monoisotopic (exact) mass is 322 g/mol. The standard InChI is InChI=1S/C17H11FN4O2/c18-11-6-7-13-12(8-11)14-15(20-13)16(23)22(17(24)21-14)19-9-10-4-2-1-3-5-10/h1-9,20H,(H,21,24). The topological polar surface area (TPSA) is 83.0 Å². The summed E-state index contributed by atoms with van der Waals surface area (Å²) in [5, 5.41) is 4.40. The number of hydrogen-bond donors (Lipinski definition) is 2. The molecule has 0 unspecified atom stereocenters. The molecule has 2 aromatic carbocycles. The average molecular weight is 322 g/mol. The normalized spacial score (nSPS) is 11.7. The predicted octanol–water partition coefficient (Wildman–Crippen LogP) is 2.19. The summed E-state index contributed by atoms with van der Waals surface area (Å²) in [7, 11) is 0. The van der Waals surface area contributed by atoms with Crippen LogP contribution < -0.4 is 11.2 Å². The summed E-state index contributed by atoms with van der Waals surface area (Å²) < 4.78 is 14.2. The average Bonchev–Trinajstić information content (AvgIpc) is 2.94. The van der Waals surface area contributed by atoms with Crippen molar-refractivity contribution < 1.29 is 4.39 Å². The number of nitrogens with zero attached hydrogens (tertiary/aromatic N) is 2. The Morgan fingerprint density at radius 2 is 1.79 bits per heavy atom. The van der Waals surface area contributed by atoms with Crippen molar-refractivity contribution in [2.24, 2.45) is 5.10 Å². The lowest BCUT2D eigenvalue weighted by atomic mass is 10.2. The molecule has 0 atom stereocenters. The van der Waals surface area contributed by atoms with Crippen LogP contribution in [0.15, 0.2) is 63.2 Å². The van der Waals surface area contributed by atoms with Gasteiger partial charge in [-0.1, -0.05) is 30.3 Å². The van der Waals surface area contributed by atoms with Crippen LogP contribution in [0.3, 0.4) is 0 Å². The van der Waals surface area contributed by atoms with E-state index in [2.05, 4.69) is 15.1 Å². The van der Waals surface area contributed by atoms with Crippen molar-refractivity contribution in [2.75, 3.05) is 0 Å². The molecule has 0 aliphatic rings. The summed E-state index contributed by atoms with van der Waals surface area (Å²) in [6.07, 6.45) is 1.42. The molecule has 0 spiro atoms. The molecule has 0 fully saturated rings. The molecule has 0 aliphatic carbocycles. The van der Waals surface area contributed by atoms with Crippen LogP contribution in [-0.2, 0) is 0 Å². The lowest BCUT2D eigenvalue weighted by Gasteiger charge is -1.98.